The van der Waals surface area contributed by atoms with Gasteiger partial charge in [0.1, 0.15) is 11.6 Å². The maximum Gasteiger partial charge on any atom is 0.222 e. The molecular weight excluding hydrogens is 429 g/mol. The molecule has 5 nitrogen and oxygen atoms in total. The third kappa shape index (κ3) is 8.42. The normalized spacial score (nSPS) is 11.0. The van der Waals surface area contributed by atoms with Crippen molar-refractivity contribution in [2.75, 3.05) is 19.6 Å². The van der Waals surface area contributed by atoms with E-state index in [-0.39, 0.29) is 47.9 Å². The van der Waals surface area contributed by atoms with Crippen LogP contribution >= 0.6 is 24.0 Å². The van der Waals surface area contributed by atoms with Gasteiger partial charge in [-0.3, -0.25) is 4.79 Å². The fourth-order valence-corrected chi connectivity index (χ4v) is 1.74. The second-order valence-electron chi connectivity index (χ2n) is 5.30. The Bertz CT molecular complexity index is 553. The number of aliphatic imine (C=N–C) groups is 1. The molecule has 1 aromatic carbocycles. The first-order valence-electron chi connectivity index (χ1n) is 7.67. The van der Waals surface area contributed by atoms with E-state index in [2.05, 4.69) is 20.9 Å². The third-order valence-electron chi connectivity index (χ3n) is 3.00. The molecule has 3 N–H and O–H groups in total. The van der Waals surface area contributed by atoms with Crippen molar-refractivity contribution >= 4 is 35.8 Å². The summed E-state index contributed by atoms with van der Waals surface area (Å²) in [5.41, 5.74) is 0.190. The van der Waals surface area contributed by atoms with Gasteiger partial charge >= 0.3 is 0 Å². The zero-order valence-electron chi connectivity index (χ0n) is 14.2. The molecule has 0 heterocycles. The van der Waals surface area contributed by atoms with Gasteiger partial charge in [-0.15, -0.1) is 24.0 Å². The van der Waals surface area contributed by atoms with Crippen LogP contribution in [0.2, 0.25) is 0 Å². The molecule has 0 aromatic heterocycles. The van der Waals surface area contributed by atoms with Gasteiger partial charge in [0.2, 0.25) is 5.91 Å². The standard InChI is InChI=1S/C16H24F2N4O.HI/c1-4-19-16(21-8-7-20-15(23)11(2)3)22-10-12-9-13(17)5-6-14(12)18;/h5-6,9,11H,4,7-8,10H2,1-3H3,(H,20,23)(H2,19,21,22);1H. The van der Waals surface area contributed by atoms with Crippen molar-refractivity contribution in [1.29, 1.82) is 0 Å². The molecule has 0 saturated heterocycles. The molecule has 0 bridgehead atoms. The van der Waals surface area contributed by atoms with E-state index < -0.39 is 11.6 Å². The summed E-state index contributed by atoms with van der Waals surface area (Å²) < 4.78 is 26.7. The number of carbonyl (C=O) groups is 1. The average Bonchev–Trinajstić information content (AvgIpc) is 2.51. The van der Waals surface area contributed by atoms with Gasteiger partial charge < -0.3 is 16.0 Å². The highest BCUT2D eigenvalue weighted by Crippen LogP contribution is 2.10. The van der Waals surface area contributed by atoms with Crippen molar-refractivity contribution in [3.63, 3.8) is 0 Å². The Morgan fingerprint density at radius 2 is 1.83 bits per heavy atom. The molecule has 136 valence electrons. The first-order valence-corrected chi connectivity index (χ1v) is 7.67. The zero-order chi connectivity index (χ0) is 17.2. The highest BCUT2D eigenvalue weighted by atomic mass is 127. The molecule has 8 heteroatoms. The van der Waals surface area contributed by atoms with Gasteiger partial charge in [-0.2, -0.15) is 0 Å². The molecule has 0 spiro atoms. The Balaban J connectivity index is 0.00000529. The van der Waals surface area contributed by atoms with Gasteiger partial charge in [-0.05, 0) is 25.1 Å². The number of guanidine groups is 1. The van der Waals surface area contributed by atoms with Crippen LogP contribution in [0.15, 0.2) is 23.2 Å². The second kappa shape index (κ2) is 12.0. The average molecular weight is 454 g/mol. The quantitative estimate of drug-likeness (QED) is 0.257. The molecule has 1 amide bonds. The number of nitrogens with one attached hydrogen (secondary N) is 3. The minimum Gasteiger partial charge on any atom is -0.357 e. The summed E-state index contributed by atoms with van der Waals surface area (Å²) in [6.45, 7) is 7.14. The molecule has 0 saturated carbocycles. The molecule has 0 radical (unpaired) electrons. The Kier molecular flexibility index (Phi) is 11.3. The number of hydrogen-bond acceptors (Lipinski definition) is 2. The molecule has 0 atom stereocenters. The summed E-state index contributed by atoms with van der Waals surface area (Å²) >= 11 is 0. The SMILES string of the molecule is CCNC(=NCc1cc(F)ccc1F)NCCNC(=O)C(C)C.I. The number of carbonyl (C=O) groups excluding carboxylic acids is 1. The summed E-state index contributed by atoms with van der Waals surface area (Å²) in [6.07, 6.45) is 0. The van der Waals surface area contributed by atoms with E-state index in [1.54, 1.807) is 0 Å². The summed E-state index contributed by atoms with van der Waals surface area (Å²) in [7, 11) is 0. The van der Waals surface area contributed by atoms with Crippen molar-refractivity contribution in [2.45, 2.75) is 27.3 Å². The molecular formula is C16H25F2IN4O. The number of benzene rings is 1. The van der Waals surface area contributed by atoms with E-state index in [0.29, 0.717) is 25.6 Å². The van der Waals surface area contributed by atoms with Crippen molar-refractivity contribution in [1.82, 2.24) is 16.0 Å². The molecule has 0 fully saturated rings. The summed E-state index contributed by atoms with van der Waals surface area (Å²) in [4.78, 5) is 15.6. The van der Waals surface area contributed by atoms with E-state index in [4.69, 9.17) is 0 Å². The Hall–Kier alpha value is -1.45. The van der Waals surface area contributed by atoms with Gasteiger partial charge in [0.15, 0.2) is 5.96 Å². The maximum atomic E-state index is 13.6. The van der Waals surface area contributed by atoms with Crippen molar-refractivity contribution in [2.24, 2.45) is 10.9 Å². The minimum atomic E-state index is -0.494. The molecule has 24 heavy (non-hydrogen) atoms. The predicted molar refractivity (Wildman–Crippen MR) is 102 cm³/mol. The lowest BCUT2D eigenvalue weighted by atomic mass is 10.2. The second-order valence-corrected chi connectivity index (χ2v) is 5.30. The smallest absolute Gasteiger partial charge is 0.222 e. The monoisotopic (exact) mass is 454 g/mol. The van der Waals surface area contributed by atoms with Gasteiger partial charge in [0.25, 0.3) is 0 Å². The molecule has 1 rings (SSSR count). The lowest BCUT2D eigenvalue weighted by Gasteiger charge is -2.12. The summed E-state index contributed by atoms with van der Waals surface area (Å²) in [5, 5.41) is 8.81. The lowest BCUT2D eigenvalue weighted by molar-refractivity contribution is -0.123. The maximum absolute atomic E-state index is 13.6. The topological polar surface area (TPSA) is 65.5 Å². The van der Waals surface area contributed by atoms with E-state index in [9.17, 15) is 13.6 Å². The van der Waals surface area contributed by atoms with Crippen molar-refractivity contribution in [3.05, 3.63) is 35.4 Å². The Labute approximate surface area is 158 Å². The molecule has 0 aliphatic carbocycles. The van der Waals surface area contributed by atoms with Gasteiger partial charge in [-0.1, -0.05) is 13.8 Å². The minimum absolute atomic E-state index is 0. The van der Waals surface area contributed by atoms with Crippen LogP contribution in [0.4, 0.5) is 8.78 Å². The Morgan fingerprint density at radius 3 is 2.46 bits per heavy atom. The number of halogens is 3. The number of hydrogen-bond donors (Lipinski definition) is 3. The highest BCUT2D eigenvalue weighted by Gasteiger charge is 2.06. The largest absolute Gasteiger partial charge is 0.357 e. The van der Waals surface area contributed by atoms with E-state index >= 15 is 0 Å². The number of rotatable bonds is 7. The number of nitrogens with zero attached hydrogens (tertiary/aromatic N) is 1. The van der Waals surface area contributed by atoms with Crippen LogP contribution in [0.3, 0.4) is 0 Å². The van der Waals surface area contributed by atoms with Crippen LogP contribution in [0.25, 0.3) is 0 Å². The van der Waals surface area contributed by atoms with E-state index in [0.717, 1.165) is 18.2 Å². The van der Waals surface area contributed by atoms with Gasteiger partial charge in [-0.25, -0.2) is 13.8 Å². The van der Waals surface area contributed by atoms with E-state index in [1.807, 2.05) is 20.8 Å². The number of amides is 1. The van der Waals surface area contributed by atoms with Gasteiger partial charge in [0, 0.05) is 31.1 Å². The predicted octanol–water partition coefficient (Wildman–Crippen LogP) is 2.41. The lowest BCUT2D eigenvalue weighted by Crippen LogP contribution is -2.42. The van der Waals surface area contributed by atoms with E-state index in [1.165, 1.54) is 0 Å². The van der Waals surface area contributed by atoms with Gasteiger partial charge in [0.05, 0.1) is 6.54 Å². The summed E-state index contributed by atoms with van der Waals surface area (Å²) in [6, 6.07) is 3.29. The van der Waals surface area contributed by atoms with Crippen molar-refractivity contribution in [3.8, 4) is 0 Å². The third-order valence-corrected chi connectivity index (χ3v) is 3.00. The Morgan fingerprint density at radius 1 is 1.17 bits per heavy atom. The van der Waals surface area contributed by atoms with Crippen LogP contribution in [0.1, 0.15) is 26.3 Å². The molecule has 0 aliphatic rings. The summed E-state index contributed by atoms with van der Waals surface area (Å²) in [5.74, 6) is -0.584. The van der Waals surface area contributed by atoms with Crippen molar-refractivity contribution < 1.29 is 13.6 Å². The highest BCUT2D eigenvalue weighted by molar-refractivity contribution is 14.0. The van der Waals surface area contributed by atoms with Crippen LogP contribution in [-0.4, -0.2) is 31.5 Å². The molecule has 0 aliphatic heterocycles. The fraction of sp³-hybridized carbons (Fsp3) is 0.500. The molecule has 1 aromatic rings. The molecule has 0 unspecified atom stereocenters. The van der Waals surface area contributed by atoms with Crippen LogP contribution < -0.4 is 16.0 Å². The first kappa shape index (κ1) is 22.6. The zero-order valence-corrected chi connectivity index (χ0v) is 16.5. The van der Waals surface area contributed by atoms with Crippen LogP contribution in [0.5, 0.6) is 0 Å². The van der Waals surface area contributed by atoms with Crippen LogP contribution in [-0.2, 0) is 11.3 Å². The first-order chi connectivity index (χ1) is 10.9. The fourth-order valence-electron chi connectivity index (χ4n) is 1.74. The van der Waals surface area contributed by atoms with Crippen LogP contribution in [0, 0.1) is 17.6 Å².